The Labute approximate surface area is 116 Å². The Kier molecular flexibility index (Phi) is 6.57. The van der Waals surface area contributed by atoms with Crippen molar-refractivity contribution in [3.05, 3.63) is 34.9 Å². The first kappa shape index (κ1) is 15.7. The summed E-state index contributed by atoms with van der Waals surface area (Å²) >= 11 is 0. The van der Waals surface area contributed by atoms with Gasteiger partial charge in [0.05, 0.1) is 0 Å². The Morgan fingerprint density at radius 2 is 1.79 bits per heavy atom. The highest BCUT2D eigenvalue weighted by atomic mass is 16.5. The number of hydrogen-bond acceptors (Lipinski definition) is 2. The summed E-state index contributed by atoms with van der Waals surface area (Å²) in [7, 11) is 1.83. The van der Waals surface area contributed by atoms with Crippen LogP contribution in [-0.2, 0) is 11.3 Å². The third-order valence-corrected chi connectivity index (χ3v) is 3.07. The zero-order valence-electron chi connectivity index (χ0n) is 12.5. The van der Waals surface area contributed by atoms with Crippen molar-refractivity contribution in [1.82, 2.24) is 4.90 Å². The first-order chi connectivity index (χ1) is 9.18. The smallest absolute Gasteiger partial charge is 0.254 e. The molecule has 2 aliphatic rings. The molecule has 1 aromatic rings. The highest BCUT2D eigenvalue weighted by molar-refractivity contribution is 5.98. The van der Waals surface area contributed by atoms with Crippen LogP contribution >= 0.6 is 0 Å². The lowest BCUT2D eigenvalue weighted by molar-refractivity contribution is 0.0816. The van der Waals surface area contributed by atoms with Crippen LogP contribution in [0.3, 0.4) is 0 Å². The van der Waals surface area contributed by atoms with Gasteiger partial charge in [0.15, 0.2) is 0 Å². The van der Waals surface area contributed by atoms with E-state index >= 15 is 0 Å². The molecule has 106 valence electrons. The second-order valence-electron chi connectivity index (χ2n) is 4.64. The van der Waals surface area contributed by atoms with Crippen molar-refractivity contribution in [2.24, 2.45) is 0 Å². The molecule has 0 aromatic heterocycles. The van der Waals surface area contributed by atoms with Gasteiger partial charge >= 0.3 is 0 Å². The molecule has 0 bridgehead atoms. The van der Waals surface area contributed by atoms with Crippen LogP contribution in [0.5, 0.6) is 0 Å². The van der Waals surface area contributed by atoms with Gasteiger partial charge in [0.1, 0.15) is 0 Å². The van der Waals surface area contributed by atoms with Crippen LogP contribution in [0.2, 0.25) is 0 Å². The standard InChI is InChI=1S/C10H11NO.C4H8O.C2H6/c1-7-3-4-9-8(5-7)6-11(2)10(9)12;1-2-4-5-3-1;1-2/h3-5H,6H2,1-2H3;1-4H2;1-2H3. The molecule has 0 spiro atoms. The summed E-state index contributed by atoms with van der Waals surface area (Å²) in [4.78, 5) is 13.2. The van der Waals surface area contributed by atoms with Gasteiger partial charge in [-0.1, -0.05) is 31.5 Å². The lowest BCUT2D eigenvalue weighted by Crippen LogP contribution is -2.17. The molecule has 0 atom stereocenters. The van der Waals surface area contributed by atoms with Crippen molar-refractivity contribution in [3.63, 3.8) is 0 Å². The number of fused-ring (bicyclic) bond motifs is 1. The molecule has 0 unspecified atom stereocenters. The van der Waals surface area contributed by atoms with E-state index in [0.29, 0.717) is 0 Å². The molecule has 2 heterocycles. The molecule has 3 rings (SSSR count). The van der Waals surface area contributed by atoms with Gasteiger partial charge in [0.25, 0.3) is 5.91 Å². The van der Waals surface area contributed by atoms with Gasteiger partial charge in [0.2, 0.25) is 0 Å². The first-order valence-corrected chi connectivity index (χ1v) is 7.11. The van der Waals surface area contributed by atoms with Crippen molar-refractivity contribution in [1.29, 1.82) is 0 Å². The van der Waals surface area contributed by atoms with Crippen LogP contribution < -0.4 is 0 Å². The van der Waals surface area contributed by atoms with Crippen LogP contribution in [0.15, 0.2) is 18.2 Å². The molecule has 0 N–H and O–H groups in total. The van der Waals surface area contributed by atoms with E-state index in [9.17, 15) is 4.79 Å². The maximum atomic E-state index is 11.4. The molecule has 1 amide bonds. The van der Waals surface area contributed by atoms with Gasteiger partial charge in [-0.25, -0.2) is 0 Å². The van der Waals surface area contributed by atoms with Gasteiger partial charge in [-0.3, -0.25) is 4.79 Å². The van der Waals surface area contributed by atoms with E-state index in [4.69, 9.17) is 4.74 Å². The molecule has 1 fully saturated rings. The Hall–Kier alpha value is -1.35. The maximum Gasteiger partial charge on any atom is 0.254 e. The summed E-state index contributed by atoms with van der Waals surface area (Å²) in [6.07, 6.45) is 2.56. The molecule has 0 radical (unpaired) electrons. The molecule has 3 nitrogen and oxygen atoms in total. The van der Waals surface area contributed by atoms with E-state index in [0.717, 1.165) is 30.9 Å². The fourth-order valence-corrected chi connectivity index (χ4v) is 2.11. The summed E-state index contributed by atoms with van der Waals surface area (Å²) < 4.78 is 4.94. The number of benzene rings is 1. The van der Waals surface area contributed by atoms with Crippen molar-refractivity contribution >= 4 is 5.91 Å². The lowest BCUT2D eigenvalue weighted by Gasteiger charge is -2.04. The van der Waals surface area contributed by atoms with Crippen LogP contribution in [-0.4, -0.2) is 31.1 Å². The molecular formula is C16H25NO2. The maximum absolute atomic E-state index is 11.4. The van der Waals surface area contributed by atoms with Crippen LogP contribution in [0.4, 0.5) is 0 Å². The SMILES string of the molecule is C1CCOC1.CC.Cc1ccc2c(c1)CN(C)C2=O. The van der Waals surface area contributed by atoms with Gasteiger partial charge < -0.3 is 9.64 Å². The third kappa shape index (κ3) is 4.35. The van der Waals surface area contributed by atoms with Gasteiger partial charge in [0, 0.05) is 32.4 Å². The zero-order chi connectivity index (χ0) is 14.3. The minimum atomic E-state index is 0.144. The first-order valence-electron chi connectivity index (χ1n) is 7.11. The molecule has 0 aliphatic carbocycles. The number of carbonyl (C=O) groups is 1. The topological polar surface area (TPSA) is 29.5 Å². The summed E-state index contributed by atoms with van der Waals surface area (Å²) in [5.74, 6) is 0.144. The normalized spacial score (nSPS) is 16.2. The van der Waals surface area contributed by atoms with Crippen molar-refractivity contribution in [2.75, 3.05) is 20.3 Å². The van der Waals surface area contributed by atoms with Crippen molar-refractivity contribution in [2.45, 2.75) is 40.2 Å². The minimum absolute atomic E-state index is 0.144. The van der Waals surface area contributed by atoms with E-state index in [2.05, 4.69) is 6.07 Å². The van der Waals surface area contributed by atoms with Crippen LogP contribution in [0.25, 0.3) is 0 Å². The molecule has 0 saturated carbocycles. The monoisotopic (exact) mass is 263 g/mol. The molecule has 19 heavy (non-hydrogen) atoms. The van der Waals surface area contributed by atoms with E-state index in [1.54, 1.807) is 4.90 Å². The Morgan fingerprint density at radius 1 is 1.16 bits per heavy atom. The molecule has 2 aliphatic heterocycles. The Balaban J connectivity index is 0.000000216. The van der Waals surface area contributed by atoms with E-state index < -0.39 is 0 Å². The Morgan fingerprint density at radius 3 is 2.32 bits per heavy atom. The minimum Gasteiger partial charge on any atom is -0.381 e. The number of rotatable bonds is 0. The summed E-state index contributed by atoms with van der Waals surface area (Å²) in [6.45, 7) is 8.80. The number of nitrogens with zero attached hydrogens (tertiary/aromatic N) is 1. The van der Waals surface area contributed by atoms with Crippen molar-refractivity contribution in [3.8, 4) is 0 Å². The highest BCUT2D eigenvalue weighted by Gasteiger charge is 2.23. The van der Waals surface area contributed by atoms with E-state index in [-0.39, 0.29) is 5.91 Å². The summed E-state index contributed by atoms with van der Waals surface area (Å²) in [5, 5.41) is 0. The number of ether oxygens (including phenoxy) is 1. The second-order valence-corrected chi connectivity index (χ2v) is 4.64. The number of amides is 1. The summed E-state index contributed by atoms with van der Waals surface area (Å²) in [6, 6.07) is 5.98. The van der Waals surface area contributed by atoms with Gasteiger partial charge in [-0.2, -0.15) is 0 Å². The Bertz CT molecular complexity index is 404. The predicted octanol–water partition coefficient (Wildman–Crippen LogP) is 3.40. The zero-order valence-corrected chi connectivity index (χ0v) is 12.5. The van der Waals surface area contributed by atoms with Gasteiger partial charge in [-0.05, 0) is 31.4 Å². The van der Waals surface area contributed by atoms with Crippen LogP contribution in [0, 0.1) is 6.92 Å². The van der Waals surface area contributed by atoms with Crippen LogP contribution in [0.1, 0.15) is 48.2 Å². The predicted molar refractivity (Wildman–Crippen MR) is 78.4 cm³/mol. The average molecular weight is 263 g/mol. The quantitative estimate of drug-likeness (QED) is 0.718. The number of hydrogen-bond donors (Lipinski definition) is 0. The molecule has 3 heteroatoms. The van der Waals surface area contributed by atoms with E-state index in [1.165, 1.54) is 18.4 Å². The van der Waals surface area contributed by atoms with Crippen molar-refractivity contribution < 1.29 is 9.53 Å². The fourth-order valence-electron chi connectivity index (χ4n) is 2.11. The molecule has 1 saturated heterocycles. The third-order valence-electron chi connectivity index (χ3n) is 3.07. The molecular weight excluding hydrogens is 238 g/mol. The average Bonchev–Trinajstić information content (AvgIpc) is 3.06. The summed E-state index contributed by atoms with van der Waals surface area (Å²) in [5.41, 5.74) is 3.24. The number of carbonyl (C=O) groups excluding carboxylic acids is 1. The number of aryl methyl sites for hydroxylation is 1. The van der Waals surface area contributed by atoms with Gasteiger partial charge in [-0.15, -0.1) is 0 Å². The lowest BCUT2D eigenvalue weighted by atomic mass is 10.1. The fraction of sp³-hybridized carbons (Fsp3) is 0.562. The second kappa shape index (κ2) is 7.95. The largest absolute Gasteiger partial charge is 0.381 e. The highest BCUT2D eigenvalue weighted by Crippen LogP contribution is 2.21. The van der Waals surface area contributed by atoms with E-state index in [1.807, 2.05) is 40.0 Å². The molecule has 1 aromatic carbocycles.